The molecular weight excluding hydrogens is 941 g/mol. The van der Waals surface area contributed by atoms with E-state index in [0.717, 1.165) is 81.3 Å². The molecule has 11 aromatic carbocycles. The fourth-order valence-corrected chi connectivity index (χ4v) is 16.2. The van der Waals surface area contributed by atoms with Gasteiger partial charge in [0.2, 0.25) is 5.95 Å². The number of fused-ring (bicyclic) bond motifs is 9. The fourth-order valence-electron chi connectivity index (χ4n) is 11.7. The maximum Gasteiger partial charge on any atom is 0.238 e. The molecule has 4 aromatic heterocycles. The van der Waals surface area contributed by atoms with E-state index in [0.29, 0.717) is 11.0 Å². The van der Waals surface area contributed by atoms with Gasteiger partial charge in [-0.2, -0.15) is 9.97 Å². The van der Waals surface area contributed by atoms with Gasteiger partial charge in [0, 0.05) is 43.4 Å². The second kappa shape index (κ2) is 17.6. The Morgan fingerprint density at radius 1 is 0.316 bits per heavy atom. The second-order valence-electron chi connectivity index (χ2n) is 18.8. The summed E-state index contributed by atoms with van der Waals surface area (Å²) in [5.74, 6) is -0.617. The van der Waals surface area contributed by atoms with Crippen molar-refractivity contribution in [3.63, 3.8) is 0 Å². The predicted octanol–water partition coefficient (Wildman–Crippen LogP) is 13.9. The van der Waals surface area contributed by atoms with E-state index in [-0.39, 0.29) is 46.0 Å². The van der Waals surface area contributed by atoms with Crippen LogP contribution in [0.1, 0.15) is 12.3 Å². The van der Waals surface area contributed by atoms with Gasteiger partial charge in [0.15, 0.2) is 19.7 Å². The number of hydrogen-bond donors (Lipinski definition) is 0. The lowest BCUT2D eigenvalue weighted by molar-refractivity contribution is 0.950. The number of para-hydroxylation sites is 5. The first-order chi connectivity index (χ1) is 41.5. The van der Waals surface area contributed by atoms with E-state index >= 15 is 0 Å². The molecule has 6 nitrogen and oxygen atoms in total. The van der Waals surface area contributed by atoms with Gasteiger partial charge < -0.3 is 9.13 Å². The predicted molar refractivity (Wildman–Crippen MR) is 317 cm³/mol. The lowest BCUT2D eigenvalue weighted by Crippen LogP contribution is -2.74. The molecule has 0 unspecified atom stereocenters. The Labute approximate surface area is 452 Å². The third-order valence-corrected chi connectivity index (χ3v) is 19.4. The zero-order valence-corrected chi connectivity index (χ0v) is 41.5. The largest absolute Gasteiger partial charge is 0.309 e. The van der Waals surface area contributed by atoms with Gasteiger partial charge in [0.05, 0.1) is 56.8 Å². The molecule has 76 heavy (non-hydrogen) atoms. The molecule has 0 amide bonds. The molecule has 15 aromatic rings. The van der Waals surface area contributed by atoms with Crippen LogP contribution in [0.2, 0.25) is 0 Å². The van der Waals surface area contributed by atoms with Gasteiger partial charge >= 0.3 is 0 Å². The number of aromatic nitrogens is 6. The summed E-state index contributed by atoms with van der Waals surface area (Å²) in [6, 6.07) is 70.3. The van der Waals surface area contributed by atoms with Gasteiger partial charge in [-0.15, -0.1) is 0 Å². The van der Waals surface area contributed by atoms with Crippen LogP contribution < -0.4 is 20.7 Å². The van der Waals surface area contributed by atoms with Crippen LogP contribution in [0, 0.1) is 0 Å². The Morgan fingerprint density at radius 2 is 0.750 bits per heavy atom. The Hall–Kier alpha value is -9.95. The molecule has 0 N–H and O–H groups in total. The Bertz CT molecular complexity index is 5080. The van der Waals surface area contributed by atoms with Crippen molar-refractivity contribution in [2.75, 3.05) is 0 Å². The molecule has 356 valence electrons. The van der Waals surface area contributed by atoms with Crippen LogP contribution in [0.5, 0.6) is 0 Å². The van der Waals surface area contributed by atoms with Crippen molar-refractivity contribution in [1.82, 2.24) is 28.7 Å². The topological polar surface area (TPSA) is 53.5 Å². The summed E-state index contributed by atoms with van der Waals surface area (Å²) in [6.07, 6.45) is 0. The number of hydrogen-bond acceptors (Lipinski definition) is 3. The van der Waals surface area contributed by atoms with Crippen molar-refractivity contribution in [3.05, 3.63) is 279 Å². The minimum atomic E-state index is -3.79. The summed E-state index contributed by atoms with van der Waals surface area (Å²) in [4.78, 5) is 15.4. The molecule has 0 aliphatic heterocycles. The molecule has 0 aliphatic carbocycles. The van der Waals surface area contributed by atoms with E-state index in [4.69, 9.17) is 19.1 Å². The standard InChI is InChI=1S/C69H46N6Si/c1-5-24-47(25-6-1)67-70-68(48-26-21-33-52(46-48)76(49-27-7-2-8-28-49,50-29-9-3-10-30-50)51-31-11-4-12-32-51)72-69(71-67)75-60-41-19-15-36-55(60)56-38-22-45-64(66(56)75)74-61-42-20-16-37-57(61)65-62(43-23-44-63(65)74)73-58-39-17-13-34-53(58)54-35-14-18-40-59(54)73/h1-46H/i1D,5D,6D,21D,24D,25D,26D,33D,46D. The summed E-state index contributed by atoms with van der Waals surface area (Å²) in [6.45, 7) is 0. The van der Waals surface area contributed by atoms with Gasteiger partial charge in [0.25, 0.3) is 0 Å². The zero-order valence-electron chi connectivity index (χ0n) is 49.5. The first-order valence-electron chi connectivity index (χ1n) is 29.6. The molecule has 0 saturated heterocycles. The smallest absolute Gasteiger partial charge is 0.238 e. The highest BCUT2D eigenvalue weighted by atomic mass is 28.3. The van der Waals surface area contributed by atoms with Crippen LogP contribution >= 0.6 is 0 Å². The SMILES string of the molecule is [2H]c1c([2H])c([2H])c(-c2nc(-c3c([2H])c([2H])c([2H])c([Si](c4ccccc4)(c4ccccc4)c4ccccc4)c3[2H])nc(-n3c4ccccc4c4cccc(-n5c6ccccc6c6c(-n7c8ccccc8c8ccccc87)cccc65)c43)n2)c([2H])c1[2H]. The second-order valence-corrected chi connectivity index (χ2v) is 22.5. The van der Waals surface area contributed by atoms with Crippen LogP contribution in [-0.2, 0) is 0 Å². The first kappa shape index (κ1) is 35.2. The van der Waals surface area contributed by atoms with Crippen molar-refractivity contribution in [2.24, 2.45) is 0 Å². The monoisotopic (exact) mass is 995 g/mol. The minimum absolute atomic E-state index is 0.0447. The maximum atomic E-state index is 10.6. The maximum absolute atomic E-state index is 10.6. The molecule has 0 bridgehead atoms. The Morgan fingerprint density at radius 3 is 1.36 bits per heavy atom. The molecular formula is C69H46N6Si. The van der Waals surface area contributed by atoms with Crippen molar-refractivity contribution in [2.45, 2.75) is 0 Å². The van der Waals surface area contributed by atoms with Crippen LogP contribution in [0.25, 0.3) is 106 Å². The van der Waals surface area contributed by atoms with E-state index < -0.39 is 50.4 Å². The van der Waals surface area contributed by atoms with E-state index in [1.54, 1.807) is 0 Å². The molecule has 0 fully saturated rings. The average molecular weight is 996 g/mol. The summed E-state index contributed by atoms with van der Waals surface area (Å²) in [5.41, 5.74) is 6.50. The van der Waals surface area contributed by atoms with E-state index in [9.17, 15) is 8.22 Å². The normalized spacial score (nSPS) is 13.6. The molecule has 0 spiro atoms. The highest BCUT2D eigenvalue weighted by Crippen LogP contribution is 2.43. The zero-order chi connectivity index (χ0) is 58.0. The molecule has 15 rings (SSSR count). The summed E-state index contributed by atoms with van der Waals surface area (Å²) >= 11 is 0. The van der Waals surface area contributed by atoms with Crippen molar-refractivity contribution in [3.8, 4) is 40.1 Å². The summed E-state index contributed by atoms with van der Waals surface area (Å²) in [5, 5.41) is 8.68. The van der Waals surface area contributed by atoms with Crippen LogP contribution in [-0.4, -0.2) is 36.7 Å². The number of nitrogens with zero attached hydrogens (tertiary/aromatic N) is 6. The van der Waals surface area contributed by atoms with Gasteiger partial charge in [-0.3, -0.25) is 4.57 Å². The highest BCUT2D eigenvalue weighted by Gasteiger charge is 2.41. The molecule has 7 heteroatoms. The highest BCUT2D eigenvalue weighted by molar-refractivity contribution is 7.19. The van der Waals surface area contributed by atoms with Crippen LogP contribution in [0.4, 0.5) is 0 Å². The van der Waals surface area contributed by atoms with Gasteiger partial charge in [0.1, 0.15) is 0 Å². The van der Waals surface area contributed by atoms with Crippen LogP contribution in [0.3, 0.4) is 0 Å². The van der Waals surface area contributed by atoms with Crippen molar-refractivity contribution in [1.29, 1.82) is 0 Å². The van der Waals surface area contributed by atoms with Gasteiger partial charge in [-0.05, 0) is 63.2 Å². The van der Waals surface area contributed by atoms with E-state index in [2.05, 4.69) is 88.0 Å². The third kappa shape index (κ3) is 6.62. The van der Waals surface area contributed by atoms with E-state index in [1.807, 2.05) is 150 Å². The minimum Gasteiger partial charge on any atom is -0.309 e. The third-order valence-electron chi connectivity index (χ3n) is 14.8. The molecule has 0 saturated carbocycles. The quantitative estimate of drug-likeness (QED) is 0.107. The number of rotatable bonds is 9. The Kier molecular flexibility index (Phi) is 8.17. The van der Waals surface area contributed by atoms with E-state index in [1.165, 1.54) is 0 Å². The van der Waals surface area contributed by atoms with Crippen molar-refractivity contribution >= 4 is 94.2 Å². The van der Waals surface area contributed by atoms with Crippen molar-refractivity contribution < 1.29 is 12.3 Å². The summed E-state index contributed by atoms with van der Waals surface area (Å²) in [7, 11) is -3.79. The summed E-state index contributed by atoms with van der Waals surface area (Å²) < 4.78 is 91.6. The van der Waals surface area contributed by atoms with Crippen LogP contribution in [0.15, 0.2) is 279 Å². The molecule has 0 atom stereocenters. The lowest BCUT2D eigenvalue weighted by atomic mass is 10.1. The fraction of sp³-hybridized carbons (Fsp3) is 0. The number of benzene rings is 11. The molecule has 0 radical (unpaired) electrons. The Balaban J connectivity index is 1.07. The molecule has 0 aliphatic rings. The van der Waals surface area contributed by atoms with Gasteiger partial charge in [-0.25, -0.2) is 4.98 Å². The average Bonchev–Trinajstić information content (AvgIpc) is 1.92. The lowest BCUT2D eigenvalue weighted by Gasteiger charge is -2.34. The van der Waals surface area contributed by atoms with Gasteiger partial charge in [-0.1, -0.05) is 236 Å². The molecule has 4 heterocycles. The first-order valence-corrected chi connectivity index (χ1v) is 27.1.